The number of aryl methyl sites for hydroxylation is 2. The van der Waals surface area contributed by atoms with Crippen LogP contribution in [0, 0.1) is 13.8 Å². The van der Waals surface area contributed by atoms with E-state index >= 15 is 0 Å². The van der Waals surface area contributed by atoms with Crippen molar-refractivity contribution in [2.24, 2.45) is 0 Å². The second kappa shape index (κ2) is 8.11. The van der Waals surface area contributed by atoms with E-state index in [1.807, 2.05) is 23.4 Å². The first kappa shape index (κ1) is 19.8. The molecule has 152 valence electrons. The lowest BCUT2D eigenvalue weighted by molar-refractivity contribution is -0.133. The first-order valence-corrected chi connectivity index (χ1v) is 11.1. The molecule has 0 radical (unpaired) electrons. The third-order valence-corrected chi connectivity index (χ3v) is 7.09. The number of benzene rings is 1. The number of nitrogens with zero attached hydrogens (tertiary/aromatic N) is 3. The standard InChI is InChI=1S/C23H27N3O2S/c1-15-9-10-17(11-16(15)2)19-13-29-22-21(19)23(28)26(14-24-22)12-20(27)25(3)18-7-5-4-6-8-18/h9-11,13-14,18H,4-8,12H2,1-3H3. The van der Waals surface area contributed by atoms with Crippen LogP contribution in [0.25, 0.3) is 21.3 Å². The van der Waals surface area contributed by atoms with E-state index in [1.54, 1.807) is 0 Å². The molecule has 1 aliphatic rings. The number of carbonyl (C=O) groups excluding carboxylic acids is 1. The summed E-state index contributed by atoms with van der Waals surface area (Å²) >= 11 is 1.47. The normalized spacial score (nSPS) is 15.0. The zero-order valence-electron chi connectivity index (χ0n) is 17.3. The van der Waals surface area contributed by atoms with Crippen LogP contribution in [-0.4, -0.2) is 33.4 Å². The Morgan fingerprint density at radius 1 is 1.21 bits per heavy atom. The van der Waals surface area contributed by atoms with Gasteiger partial charge in [-0.2, -0.15) is 0 Å². The summed E-state index contributed by atoms with van der Waals surface area (Å²) in [5.41, 5.74) is 4.18. The van der Waals surface area contributed by atoms with Crippen molar-refractivity contribution in [3.8, 4) is 11.1 Å². The highest BCUT2D eigenvalue weighted by Gasteiger charge is 2.23. The van der Waals surface area contributed by atoms with Crippen LogP contribution in [0.2, 0.25) is 0 Å². The van der Waals surface area contributed by atoms with Crippen LogP contribution in [0.1, 0.15) is 43.2 Å². The first-order valence-electron chi connectivity index (χ1n) is 10.3. The van der Waals surface area contributed by atoms with Crippen molar-refractivity contribution in [3.05, 3.63) is 51.4 Å². The fourth-order valence-electron chi connectivity index (χ4n) is 4.13. The molecule has 0 N–H and O–H groups in total. The number of hydrogen-bond acceptors (Lipinski definition) is 4. The van der Waals surface area contributed by atoms with Crippen LogP contribution in [0.4, 0.5) is 0 Å². The van der Waals surface area contributed by atoms with Gasteiger partial charge in [0.25, 0.3) is 5.56 Å². The molecule has 1 saturated carbocycles. The van der Waals surface area contributed by atoms with E-state index in [0.717, 1.165) is 24.0 Å². The van der Waals surface area contributed by atoms with E-state index in [9.17, 15) is 9.59 Å². The van der Waals surface area contributed by atoms with Crippen molar-refractivity contribution < 1.29 is 4.79 Å². The average molecular weight is 410 g/mol. The van der Waals surface area contributed by atoms with Gasteiger partial charge in [-0.05, 0) is 43.4 Å². The van der Waals surface area contributed by atoms with Gasteiger partial charge in [0, 0.05) is 24.0 Å². The second-order valence-electron chi connectivity index (χ2n) is 8.10. The summed E-state index contributed by atoms with van der Waals surface area (Å²) in [5, 5.41) is 2.60. The van der Waals surface area contributed by atoms with Gasteiger partial charge in [0.1, 0.15) is 11.4 Å². The molecular weight excluding hydrogens is 382 g/mol. The molecular formula is C23H27N3O2S. The Morgan fingerprint density at radius 2 is 1.97 bits per heavy atom. The zero-order valence-corrected chi connectivity index (χ0v) is 18.1. The minimum Gasteiger partial charge on any atom is -0.341 e. The number of thiophene rings is 1. The van der Waals surface area contributed by atoms with Gasteiger partial charge in [0.15, 0.2) is 0 Å². The minimum absolute atomic E-state index is 0.0249. The maximum Gasteiger partial charge on any atom is 0.263 e. The van der Waals surface area contributed by atoms with E-state index in [2.05, 4.69) is 31.0 Å². The molecule has 0 saturated heterocycles. The molecule has 0 bridgehead atoms. The molecule has 1 aromatic carbocycles. The van der Waals surface area contributed by atoms with Crippen molar-refractivity contribution in [1.29, 1.82) is 0 Å². The first-order chi connectivity index (χ1) is 14.0. The lowest BCUT2D eigenvalue weighted by Gasteiger charge is -2.31. The lowest BCUT2D eigenvalue weighted by Crippen LogP contribution is -2.41. The zero-order chi connectivity index (χ0) is 20.5. The molecule has 1 fully saturated rings. The molecule has 1 amide bonds. The third-order valence-electron chi connectivity index (χ3n) is 6.20. The summed E-state index contributed by atoms with van der Waals surface area (Å²) in [5.74, 6) is -0.0249. The van der Waals surface area contributed by atoms with Crippen molar-refractivity contribution in [3.63, 3.8) is 0 Å². The predicted octanol–water partition coefficient (Wildman–Crippen LogP) is 4.53. The minimum atomic E-state index is -0.144. The molecule has 29 heavy (non-hydrogen) atoms. The maximum atomic E-state index is 13.2. The number of likely N-dealkylation sites (N-methyl/N-ethyl adjacent to an activating group) is 1. The average Bonchev–Trinajstić information content (AvgIpc) is 3.17. The highest BCUT2D eigenvalue weighted by molar-refractivity contribution is 7.17. The van der Waals surface area contributed by atoms with Crippen LogP contribution >= 0.6 is 11.3 Å². The van der Waals surface area contributed by atoms with Crippen LogP contribution < -0.4 is 5.56 Å². The van der Waals surface area contributed by atoms with Crippen LogP contribution in [0.15, 0.2) is 34.7 Å². The summed E-state index contributed by atoms with van der Waals surface area (Å²) in [4.78, 5) is 33.1. The highest BCUT2D eigenvalue weighted by Crippen LogP contribution is 2.31. The van der Waals surface area contributed by atoms with Crippen LogP contribution in [-0.2, 0) is 11.3 Å². The molecule has 1 aliphatic carbocycles. The van der Waals surface area contributed by atoms with Gasteiger partial charge in [0.05, 0.1) is 11.7 Å². The number of hydrogen-bond donors (Lipinski definition) is 0. The van der Waals surface area contributed by atoms with Gasteiger partial charge in [-0.15, -0.1) is 11.3 Å². The number of rotatable bonds is 4. The molecule has 0 aliphatic heterocycles. The fourth-order valence-corrected chi connectivity index (χ4v) is 5.04. The fraction of sp³-hybridized carbons (Fsp3) is 0.435. The van der Waals surface area contributed by atoms with Crippen molar-refractivity contribution in [1.82, 2.24) is 14.5 Å². The van der Waals surface area contributed by atoms with E-state index in [-0.39, 0.29) is 24.1 Å². The topological polar surface area (TPSA) is 55.2 Å². The smallest absolute Gasteiger partial charge is 0.263 e. The Hall–Kier alpha value is -2.47. The van der Waals surface area contributed by atoms with Gasteiger partial charge >= 0.3 is 0 Å². The van der Waals surface area contributed by atoms with E-state index in [4.69, 9.17) is 0 Å². The van der Waals surface area contributed by atoms with E-state index in [0.29, 0.717) is 10.2 Å². The van der Waals surface area contributed by atoms with Gasteiger partial charge in [-0.1, -0.05) is 37.5 Å². The number of carbonyl (C=O) groups is 1. The quantitative estimate of drug-likeness (QED) is 0.636. The lowest BCUT2D eigenvalue weighted by atomic mass is 9.94. The van der Waals surface area contributed by atoms with E-state index in [1.165, 1.54) is 52.6 Å². The molecule has 5 nitrogen and oxygen atoms in total. The third kappa shape index (κ3) is 3.86. The molecule has 2 heterocycles. The number of aromatic nitrogens is 2. The molecule has 0 atom stereocenters. The molecule has 0 unspecified atom stereocenters. The van der Waals surface area contributed by atoms with Crippen molar-refractivity contribution in [2.75, 3.05) is 7.05 Å². The largest absolute Gasteiger partial charge is 0.341 e. The Morgan fingerprint density at radius 3 is 2.69 bits per heavy atom. The molecule has 4 rings (SSSR count). The van der Waals surface area contributed by atoms with Gasteiger partial charge in [-0.3, -0.25) is 14.2 Å². The van der Waals surface area contributed by atoms with Gasteiger partial charge < -0.3 is 4.90 Å². The highest BCUT2D eigenvalue weighted by atomic mass is 32.1. The molecule has 6 heteroatoms. The summed E-state index contributed by atoms with van der Waals surface area (Å²) < 4.78 is 1.46. The van der Waals surface area contributed by atoms with Gasteiger partial charge in [0.2, 0.25) is 5.91 Å². The monoisotopic (exact) mass is 409 g/mol. The maximum absolute atomic E-state index is 13.2. The molecule has 3 aromatic rings. The van der Waals surface area contributed by atoms with E-state index < -0.39 is 0 Å². The van der Waals surface area contributed by atoms with Crippen LogP contribution in [0.3, 0.4) is 0 Å². The Balaban J connectivity index is 1.66. The Kier molecular flexibility index (Phi) is 5.54. The number of fused-ring (bicyclic) bond motifs is 1. The predicted molar refractivity (Wildman–Crippen MR) is 118 cm³/mol. The van der Waals surface area contributed by atoms with Crippen LogP contribution in [0.5, 0.6) is 0 Å². The number of amides is 1. The summed E-state index contributed by atoms with van der Waals surface area (Å²) in [7, 11) is 1.86. The van der Waals surface area contributed by atoms with Gasteiger partial charge in [-0.25, -0.2) is 4.98 Å². The summed E-state index contributed by atoms with van der Waals surface area (Å²) in [6.45, 7) is 4.19. The van der Waals surface area contributed by atoms with Crippen molar-refractivity contribution >= 4 is 27.5 Å². The Bertz CT molecular complexity index is 1110. The second-order valence-corrected chi connectivity index (χ2v) is 8.96. The SMILES string of the molecule is Cc1ccc(-c2csc3ncn(CC(=O)N(C)C4CCCCC4)c(=O)c23)cc1C. The van der Waals surface area contributed by atoms with Crippen molar-refractivity contribution in [2.45, 2.75) is 58.5 Å². The summed E-state index contributed by atoms with van der Waals surface area (Å²) in [6, 6.07) is 6.51. The molecule has 2 aromatic heterocycles. The Labute approximate surface area is 175 Å². The summed E-state index contributed by atoms with van der Waals surface area (Å²) in [6.07, 6.45) is 7.20. The molecule has 0 spiro atoms.